The minimum absolute atomic E-state index is 0.256. The molecule has 0 amide bonds. The Kier molecular flexibility index (Phi) is 17.3. The second-order valence-electron chi connectivity index (χ2n) is 10.5. The molecule has 6 nitrogen and oxygen atoms in total. The van der Waals surface area contributed by atoms with E-state index in [1.807, 2.05) is 10.8 Å². The maximum absolute atomic E-state index is 10.6. The van der Waals surface area contributed by atoms with Crippen LogP contribution < -0.4 is 4.74 Å². The number of carbonyl (C=O) groups is 1. The van der Waals surface area contributed by atoms with Crippen molar-refractivity contribution in [2.75, 3.05) is 13.2 Å². The van der Waals surface area contributed by atoms with Crippen LogP contribution in [0.15, 0.2) is 43.0 Å². The summed E-state index contributed by atoms with van der Waals surface area (Å²) in [6.45, 7) is 6.84. The number of ether oxygens (including phenoxy) is 2. The zero-order valence-corrected chi connectivity index (χ0v) is 24.0. The van der Waals surface area contributed by atoms with Crippen molar-refractivity contribution in [2.24, 2.45) is 5.92 Å². The lowest BCUT2D eigenvalue weighted by atomic mass is 9.86. The third-order valence-corrected chi connectivity index (χ3v) is 7.38. The summed E-state index contributed by atoms with van der Waals surface area (Å²) in [4.78, 5) is 14.6. The third kappa shape index (κ3) is 14.0. The number of aromatic carboxylic acids is 1. The van der Waals surface area contributed by atoms with E-state index in [0.717, 1.165) is 12.5 Å². The molecule has 3 rings (SSSR count). The van der Waals surface area contributed by atoms with Crippen LogP contribution in [0.5, 0.6) is 5.75 Å². The lowest BCUT2D eigenvalue weighted by Gasteiger charge is -2.32. The summed E-state index contributed by atoms with van der Waals surface area (Å²) < 4.78 is 13.5. The Hall–Kier alpha value is -2.34. The average molecular weight is 529 g/mol. The van der Waals surface area contributed by atoms with Gasteiger partial charge >= 0.3 is 5.97 Å². The van der Waals surface area contributed by atoms with Crippen molar-refractivity contribution in [3.05, 3.63) is 48.5 Å². The van der Waals surface area contributed by atoms with Crippen LogP contribution in [0.4, 0.5) is 0 Å². The second-order valence-corrected chi connectivity index (χ2v) is 10.5. The molecular weight excluding hydrogens is 476 g/mol. The molecule has 1 N–H and O–H groups in total. The fraction of sp³-hybridized carbons (Fsp3) is 0.688. The number of imidazole rings is 1. The normalized spacial score (nSPS) is 17.0. The van der Waals surface area contributed by atoms with Crippen molar-refractivity contribution in [3.8, 4) is 5.75 Å². The molecule has 0 unspecified atom stereocenters. The summed E-state index contributed by atoms with van der Waals surface area (Å²) in [5.74, 6) is 0.598. The van der Waals surface area contributed by atoms with Gasteiger partial charge in [-0.2, -0.15) is 0 Å². The van der Waals surface area contributed by atoms with E-state index in [0.29, 0.717) is 25.0 Å². The van der Waals surface area contributed by atoms with E-state index in [1.165, 1.54) is 108 Å². The Balaban J connectivity index is 0.000000272. The van der Waals surface area contributed by atoms with Crippen molar-refractivity contribution in [3.63, 3.8) is 0 Å². The zero-order chi connectivity index (χ0) is 27.3. The molecule has 0 saturated carbocycles. The molecule has 2 heterocycles. The molecule has 214 valence electrons. The maximum Gasteiger partial charge on any atom is 0.335 e. The van der Waals surface area contributed by atoms with Crippen molar-refractivity contribution in [1.29, 1.82) is 0 Å². The molecule has 0 spiro atoms. The van der Waals surface area contributed by atoms with Gasteiger partial charge in [0.2, 0.25) is 0 Å². The van der Waals surface area contributed by atoms with E-state index in [1.54, 1.807) is 24.7 Å². The fourth-order valence-electron chi connectivity index (χ4n) is 5.07. The van der Waals surface area contributed by atoms with Crippen molar-refractivity contribution in [2.45, 2.75) is 123 Å². The standard InChI is InChI=1S/C20H40O.C12H12N2O3/c1-3-5-7-9-11-13-17-20-19(16-14-18-21-20)15-12-10-8-6-4-2;15-12(16)10-1-3-11(4-2-10)17-8-7-14-6-5-13-9-14/h19-20H,3-18H2,1-2H3;1-6,9H,7-8H2,(H,15,16)/t19-,20+;/m0./s1. The van der Waals surface area contributed by atoms with Crippen LogP contribution in [0.2, 0.25) is 0 Å². The van der Waals surface area contributed by atoms with Gasteiger partial charge in [-0.05, 0) is 55.9 Å². The second kappa shape index (κ2) is 20.6. The average Bonchev–Trinajstić information content (AvgIpc) is 3.45. The van der Waals surface area contributed by atoms with Gasteiger partial charge in [-0.25, -0.2) is 9.78 Å². The SMILES string of the molecule is CCCCCCCC[C@H]1OCCC[C@@H]1CCCCCCC.O=C(O)c1ccc(OCCn2ccnc2)cc1. The summed E-state index contributed by atoms with van der Waals surface area (Å²) in [5, 5.41) is 8.73. The van der Waals surface area contributed by atoms with Gasteiger partial charge in [-0.15, -0.1) is 0 Å². The summed E-state index contributed by atoms with van der Waals surface area (Å²) >= 11 is 0. The van der Waals surface area contributed by atoms with Crippen LogP contribution in [0.1, 0.15) is 121 Å². The summed E-state index contributed by atoms with van der Waals surface area (Å²) in [6.07, 6.45) is 26.9. The third-order valence-electron chi connectivity index (χ3n) is 7.38. The highest BCUT2D eigenvalue weighted by atomic mass is 16.5. The Labute approximate surface area is 231 Å². The fourth-order valence-corrected chi connectivity index (χ4v) is 5.07. The van der Waals surface area contributed by atoms with Gasteiger partial charge < -0.3 is 19.1 Å². The number of rotatable bonds is 18. The Bertz CT molecular complexity index is 822. The van der Waals surface area contributed by atoms with E-state index in [-0.39, 0.29) is 5.56 Å². The molecule has 1 aliphatic rings. The van der Waals surface area contributed by atoms with E-state index < -0.39 is 5.97 Å². The number of aromatic nitrogens is 2. The largest absolute Gasteiger partial charge is 0.492 e. The number of nitrogens with zero attached hydrogens (tertiary/aromatic N) is 2. The van der Waals surface area contributed by atoms with Gasteiger partial charge in [-0.3, -0.25) is 0 Å². The lowest BCUT2D eigenvalue weighted by molar-refractivity contribution is -0.0352. The smallest absolute Gasteiger partial charge is 0.335 e. The van der Waals surface area contributed by atoms with Crippen molar-refractivity contribution in [1.82, 2.24) is 9.55 Å². The molecule has 2 atom stereocenters. The lowest BCUT2D eigenvalue weighted by Crippen LogP contribution is -2.29. The molecule has 0 bridgehead atoms. The van der Waals surface area contributed by atoms with Gasteiger partial charge in [0.05, 0.1) is 24.5 Å². The maximum atomic E-state index is 10.6. The molecule has 2 aromatic rings. The molecule has 0 radical (unpaired) electrons. The Morgan fingerprint density at radius 3 is 2.26 bits per heavy atom. The van der Waals surface area contributed by atoms with Crippen LogP contribution >= 0.6 is 0 Å². The first-order chi connectivity index (χ1) is 18.6. The minimum Gasteiger partial charge on any atom is -0.492 e. The van der Waals surface area contributed by atoms with Crippen molar-refractivity contribution >= 4 is 5.97 Å². The topological polar surface area (TPSA) is 73.6 Å². The molecule has 38 heavy (non-hydrogen) atoms. The molecule has 0 aliphatic carbocycles. The number of unbranched alkanes of at least 4 members (excludes halogenated alkanes) is 9. The van der Waals surface area contributed by atoms with Crippen LogP contribution in [-0.2, 0) is 11.3 Å². The summed E-state index contributed by atoms with van der Waals surface area (Å²) in [7, 11) is 0. The van der Waals surface area contributed by atoms with E-state index in [9.17, 15) is 4.79 Å². The van der Waals surface area contributed by atoms with Crippen LogP contribution in [-0.4, -0.2) is 39.9 Å². The molecule has 1 fully saturated rings. The van der Waals surface area contributed by atoms with Gasteiger partial charge in [0.1, 0.15) is 12.4 Å². The first-order valence-electron chi connectivity index (χ1n) is 15.2. The highest BCUT2D eigenvalue weighted by molar-refractivity contribution is 5.87. The number of hydrogen-bond donors (Lipinski definition) is 1. The number of carboxylic acid groups (broad SMARTS) is 1. The molecular formula is C32H52N2O4. The highest BCUT2D eigenvalue weighted by Gasteiger charge is 2.24. The number of hydrogen-bond acceptors (Lipinski definition) is 4. The summed E-state index contributed by atoms with van der Waals surface area (Å²) in [5.41, 5.74) is 0.256. The predicted octanol–water partition coefficient (Wildman–Crippen LogP) is 8.55. The molecule has 1 aliphatic heterocycles. The van der Waals surface area contributed by atoms with E-state index in [4.69, 9.17) is 14.6 Å². The van der Waals surface area contributed by atoms with Gasteiger partial charge in [0, 0.05) is 19.0 Å². The molecule has 1 saturated heterocycles. The van der Waals surface area contributed by atoms with Gasteiger partial charge in [0.25, 0.3) is 0 Å². The molecule has 6 heteroatoms. The molecule has 1 aromatic carbocycles. The minimum atomic E-state index is -0.935. The predicted molar refractivity (Wildman–Crippen MR) is 155 cm³/mol. The highest BCUT2D eigenvalue weighted by Crippen LogP contribution is 2.29. The van der Waals surface area contributed by atoms with Gasteiger partial charge in [0.15, 0.2) is 0 Å². The van der Waals surface area contributed by atoms with Crippen LogP contribution in [0.3, 0.4) is 0 Å². The Morgan fingerprint density at radius 1 is 0.974 bits per heavy atom. The monoisotopic (exact) mass is 528 g/mol. The van der Waals surface area contributed by atoms with E-state index in [2.05, 4.69) is 18.8 Å². The Morgan fingerprint density at radius 2 is 1.63 bits per heavy atom. The molecule has 1 aromatic heterocycles. The van der Waals surface area contributed by atoms with Gasteiger partial charge in [-0.1, -0.05) is 84.5 Å². The van der Waals surface area contributed by atoms with Crippen molar-refractivity contribution < 1.29 is 19.4 Å². The summed E-state index contributed by atoms with van der Waals surface area (Å²) in [6, 6.07) is 6.35. The quantitative estimate of drug-likeness (QED) is 0.196. The zero-order valence-electron chi connectivity index (χ0n) is 24.0. The first kappa shape index (κ1) is 31.9. The first-order valence-corrected chi connectivity index (χ1v) is 15.2. The van der Waals surface area contributed by atoms with Crippen LogP contribution in [0, 0.1) is 5.92 Å². The number of carboxylic acids is 1. The van der Waals surface area contributed by atoms with Crippen LogP contribution in [0.25, 0.3) is 0 Å². The number of benzene rings is 1. The van der Waals surface area contributed by atoms with E-state index >= 15 is 0 Å².